The first-order valence-electron chi connectivity index (χ1n) is 5.12. The zero-order chi connectivity index (χ0) is 12.4. The van der Waals surface area contributed by atoms with Crippen LogP contribution >= 0.6 is 23.5 Å². The number of thioether (sulfide) groups is 2. The maximum absolute atomic E-state index is 13.5. The smallest absolute Gasteiger partial charge is 0.194 e. The van der Waals surface area contributed by atoms with Crippen LogP contribution in [0.15, 0.2) is 12.1 Å². The van der Waals surface area contributed by atoms with Crippen LogP contribution in [0.1, 0.15) is 11.7 Å². The van der Waals surface area contributed by atoms with Crippen molar-refractivity contribution in [3.8, 4) is 0 Å². The van der Waals surface area contributed by atoms with Gasteiger partial charge >= 0.3 is 0 Å². The van der Waals surface area contributed by atoms with Crippen molar-refractivity contribution in [2.24, 2.45) is 0 Å². The summed E-state index contributed by atoms with van der Waals surface area (Å²) >= 11 is 3.20. The molecular weight excluding hydrogens is 269 g/mol. The summed E-state index contributed by atoms with van der Waals surface area (Å²) in [7, 11) is 0. The van der Waals surface area contributed by atoms with Crippen LogP contribution in [0.3, 0.4) is 0 Å². The largest absolute Gasteiger partial charge is 0.387 e. The highest BCUT2D eigenvalue weighted by molar-refractivity contribution is 8.06. The number of rotatable bonds is 2. The Kier molecular flexibility index (Phi) is 4.27. The Labute approximate surface area is 106 Å². The lowest BCUT2D eigenvalue weighted by Gasteiger charge is -2.26. The number of hydrogen-bond donors (Lipinski definition) is 1. The van der Waals surface area contributed by atoms with Crippen LogP contribution in [0, 0.1) is 17.5 Å². The number of aliphatic hydroxyl groups is 1. The molecule has 17 heavy (non-hydrogen) atoms. The van der Waals surface area contributed by atoms with E-state index in [9.17, 15) is 18.3 Å². The molecule has 0 amide bonds. The first kappa shape index (κ1) is 13.1. The summed E-state index contributed by atoms with van der Waals surface area (Å²) in [6, 6.07) is 1.95. The zero-order valence-electron chi connectivity index (χ0n) is 8.83. The van der Waals surface area contributed by atoms with E-state index >= 15 is 0 Å². The van der Waals surface area contributed by atoms with E-state index in [1.165, 1.54) is 11.8 Å². The summed E-state index contributed by atoms with van der Waals surface area (Å²) in [6.07, 6.45) is -1.09. The minimum atomic E-state index is -1.52. The van der Waals surface area contributed by atoms with E-state index in [4.69, 9.17) is 0 Å². The molecule has 94 valence electrons. The Morgan fingerprint density at radius 3 is 2.59 bits per heavy atom. The van der Waals surface area contributed by atoms with Crippen LogP contribution in [0.25, 0.3) is 0 Å². The molecule has 1 nitrogen and oxygen atoms in total. The van der Waals surface area contributed by atoms with E-state index in [0.717, 1.165) is 23.6 Å². The molecule has 1 aromatic carbocycles. The second-order valence-corrected chi connectivity index (χ2v) is 6.19. The zero-order valence-corrected chi connectivity index (χ0v) is 10.5. The minimum absolute atomic E-state index is 0.163. The summed E-state index contributed by atoms with van der Waals surface area (Å²) in [5.74, 6) is -1.48. The first-order valence-corrected chi connectivity index (χ1v) is 7.32. The van der Waals surface area contributed by atoms with E-state index < -0.39 is 23.6 Å². The molecule has 0 radical (unpaired) electrons. The summed E-state index contributed by atoms with van der Waals surface area (Å²) in [5.41, 5.74) is -0.163. The quantitative estimate of drug-likeness (QED) is 0.841. The van der Waals surface area contributed by atoms with Gasteiger partial charge in [0, 0.05) is 28.1 Å². The standard InChI is InChI=1S/C11H11F3OS2/c12-7-2-1-6(9(13)10(7)14)11(15)8-5-16-3-4-17-8/h1-2,8,11,15H,3-5H2. The van der Waals surface area contributed by atoms with Gasteiger partial charge in [-0.3, -0.25) is 0 Å². The maximum atomic E-state index is 13.5. The fourth-order valence-electron chi connectivity index (χ4n) is 1.66. The number of halogens is 3. The molecule has 2 unspecified atom stereocenters. The monoisotopic (exact) mass is 280 g/mol. The van der Waals surface area contributed by atoms with E-state index in [2.05, 4.69) is 0 Å². The highest BCUT2D eigenvalue weighted by Gasteiger charge is 2.28. The molecule has 0 bridgehead atoms. The SMILES string of the molecule is OC(c1ccc(F)c(F)c1F)C1CSCCS1. The number of hydrogen-bond acceptors (Lipinski definition) is 3. The predicted octanol–water partition coefficient (Wildman–Crippen LogP) is 2.99. The van der Waals surface area contributed by atoms with Crippen molar-refractivity contribution in [3.05, 3.63) is 35.1 Å². The Morgan fingerprint density at radius 2 is 1.94 bits per heavy atom. The van der Waals surface area contributed by atoms with Gasteiger partial charge in [0.25, 0.3) is 0 Å². The van der Waals surface area contributed by atoms with Crippen LogP contribution in [-0.4, -0.2) is 27.6 Å². The molecule has 2 atom stereocenters. The van der Waals surface area contributed by atoms with Gasteiger partial charge in [-0.2, -0.15) is 23.5 Å². The average Bonchev–Trinajstić information content (AvgIpc) is 2.36. The highest BCUT2D eigenvalue weighted by atomic mass is 32.2. The molecule has 1 heterocycles. The summed E-state index contributed by atoms with van der Waals surface area (Å²) in [5, 5.41) is 9.81. The van der Waals surface area contributed by atoms with Crippen LogP contribution in [-0.2, 0) is 0 Å². The van der Waals surface area contributed by atoms with Crippen LogP contribution < -0.4 is 0 Å². The van der Waals surface area contributed by atoms with Crippen molar-refractivity contribution < 1.29 is 18.3 Å². The van der Waals surface area contributed by atoms with E-state index in [-0.39, 0.29) is 10.8 Å². The third kappa shape index (κ3) is 2.74. The molecule has 0 saturated carbocycles. The fourth-order valence-corrected chi connectivity index (χ4v) is 4.40. The van der Waals surface area contributed by atoms with Crippen LogP contribution in [0.5, 0.6) is 0 Å². The van der Waals surface area contributed by atoms with Crippen molar-refractivity contribution in [3.63, 3.8) is 0 Å². The number of benzene rings is 1. The van der Waals surface area contributed by atoms with Crippen molar-refractivity contribution in [1.82, 2.24) is 0 Å². The minimum Gasteiger partial charge on any atom is -0.387 e. The molecule has 0 aromatic heterocycles. The molecule has 1 fully saturated rings. The second kappa shape index (κ2) is 5.54. The summed E-state index contributed by atoms with van der Waals surface area (Å²) < 4.78 is 39.3. The molecule has 6 heteroatoms. The van der Waals surface area contributed by atoms with Gasteiger partial charge in [0.05, 0.1) is 6.10 Å². The third-order valence-corrected chi connectivity index (χ3v) is 5.43. The van der Waals surface area contributed by atoms with Crippen molar-refractivity contribution in [2.45, 2.75) is 11.4 Å². The van der Waals surface area contributed by atoms with Crippen molar-refractivity contribution >= 4 is 23.5 Å². The van der Waals surface area contributed by atoms with Gasteiger partial charge in [-0.15, -0.1) is 0 Å². The first-order chi connectivity index (χ1) is 8.11. The topological polar surface area (TPSA) is 20.2 Å². The molecule has 1 N–H and O–H groups in total. The molecule has 1 aliphatic heterocycles. The average molecular weight is 280 g/mol. The molecule has 2 rings (SSSR count). The Morgan fingerprint density at radius 1 is 1.18 bits per heavy atom. The molecule has 1 aromatic rings. The maximum Gasteiger partial charge on any atom is 0.194 e. The van der Waals surface area contributed by atoms with Gasteiger partial charge in [-0.1, -0.05) is 6.07 Å². The summed E-state index contributed by atoms with van der Waals surface area (Å²) in [6.45, 7) is 0. The Hall–Kier alpha value is -0.330. The Balaban J connectivity index is 2.24. The van der Waals surface area contributed by atoms with Crippen molar-refractivity contribution in [2.75, 3.05) is 17.3 Å². The predicted molar refractivity (Wildman–Crippen MR) is 64.8 cm³/mol. The third-order valence-electron chi connectivity index (χ3n) is 2.58. The highest BCUT2D eigenvalue weighted by Crippen LogP contribution is 2.35. The van der Waals surface area contributed by atoms with Gasteiger partial charge in [0.2, 0.25) is 0 Å². The molecular formula is C11H11F3OS2. The Bertz CT molecular complexity index is 408. The molecule has 0 aliphatic carbocycles. The lowest BCUT2D eigenvalue weighted by Crippen LogP contribution is -2.23. The van der Waals surface area contributed by atoms with Gasteiger partial charge in [-0.25, -0.2) is 13.2 Å². The van der Waals surface area contributed by atoms with E-state index in [1.807, 2.05) is 0 Å². The van der Waals surface area contributed by atoms with Crippen LogP contribution in [0.2, 0.25) is 0 Å². The van der Waals surface area contributed by atoms with E-state index in [1.54, 1.807) is 11.8 Å². The van der Waals surface area contributed by atoms with E-state index in [0.29, 0.717) is 5.75 Å². The van der Waals surface area contributed by atoms with Crippen LogP contribution in [0.4, 0.5) is 13.2 Å². The second-order valence-electron chi connectivity index (χ2n) is 3.69. The van der Waals surface area contributed by atoms with Gasteiger partial charge < -0.3 is 5.11 Å². The molecule has 0 spiro atoms. The lowest BCUT2D eigenvalue weighted by atomic mass is 10.1. The molecule has 1 saturated heterocycles. The lowest BCUT2D eigenvalue weighted by molar-refractivity contribution is 0.174. The van der Waals surface area contributed by atoms with Gasteiger partial charge in [0.15, 0.2) is 17.5 Å². The number of aliphatic hydroxyl groups excluding tert-OH is 1. The molecule has 1 aliphatic rings. The summed E-state index contributed by atoms with van der Waals surface area (Å²) in [4.78, 5) is 0. The normalized spacial score (nSPS) is 22.5. The van der Waals surface area contributed by atoms with Crippen molar-refractivity contribution in [1.29, 1.82) is 0 Å². The van der Waals surface area contributed by atoms with Gasteiger partial charge in [0.1, 0.15) is 0 Å². The van der Waals surface area contributed by atoms with Gasteiger partial charge in [-0.05, 0) is 6.07 Å². The fraction of sp³-hybridized carbons (Fsp3) is 0.455.